The number of nitrogens with zero attached hydrogens (tertiary/aromatic N) is 2. The van der Waals surface area contributed by atoms with Gasteiger partial charge in [-0.3, -0.25) is 4.90 Å². The van der Waals surface area contributed by atoms with Crippen LogP contribution in [0, 0.1) is 0 Å². The summed E-state index contributed by atoms with van der Waals surface area (Å²) < 4.78 is 37.9. The molecular formula is C13H19F3N2. The highest BCUT2D eigenvalue weighted by molar-refractivity contribution is 5.35. The van der Waals surface area contributed by atoms with Crippen molar-refractivity contribution in [3.63, 3.8) is 0 Å². The molecule has 0 aromatic heterocycles. The molecule has 0 saturated carbocycles. The molecule has 5 heteroatoms. The predicted molar refractivity (Wildman–Crippen MR) is 67.4 cm³/mol. The van der Waals surface area contributed by atoms with Crippen LogP contribution in [0.15, 0.2) is 36.5 Å². The monoisotopic (exact) mass is 260 g/mol. The number of hydrogen-bond acceptors (Lipinski definition) is 2. The number of allylic oxidation sites excluding steroid dienone is 2. The molecule has 0 unspecified atom stereocenters. The van der Waals surface area contributed by atoms with Crippen LogP contribution in [0.1, 0.15) is 0 Å². The van der Waals surface area contributed by atoms with Crippen LogP contribution in [0.5, 0.6) is 0 Å². The van der Waals surface area contributed by atoms with Gasteiger partial charge in [0.1, 0.15) is 0 Å². The molecule has 0 bridgehead atoms. The Morgan fingerprint density at radius 3 is 2.22 bits per heavy atom. The van der Waals surface area contributed by atoms with Crippen LogP contribution < -0.4 is 0 Å². The Labute approximate surface area is 106 Å². The van der Waals surface area contributed by atoms with Gasteiger partial charge in [0.2, 0.25) is 0 Å². The van der Waals surface area contributed by atoms with Crippen molar-refractivity contribution in [3.8, 4) is 0 Å². The van der Waals surface area contributed by atoms with Crippen molar-refractivity contribution in [1.29, 1.82) is 0 Å². The van der Waals surface area contributed by atoms with E-state index in [-0.39, 0.29) is 12.1 Å². The maximum absolute atomic E-state index is 12.6. The number of rotatable bonds is 4. The van der Waals surface area contributed by atoms with E-state index >= 15 is 0 Å². The Hall–Kier alpha value is -1.07. The van der Waals surface area contributed by atoms with Gasteiger partial charge < -0.3 is 4.90 Å². The molecule has 0 aliphatic carbocycles. The van der Waals surface area contributed by atoms with Crippen LogP contribution in [0.25, 0.3) is 0 Å². The Kier molecular flexibility index (Phi) is 5.16. The third-order valence-corrected chi connectivity index (χ3v) is 3.04. The van der Waals surface area contributed by atoms with Crippen LogP contribution in [0.3, 0.4) is 0 Å². The summed E-state index contributed by atoms with van der Waals surface area (Å²) in [5, 5.41) is 0. The van der Waals surface area contributed by atoms with Crippen molar-refractivity contribution < 1.29 is 13.2 Å². The minimum Gasteiger partial charge on any atom is -0.304 e. The van der Waals surface area contributed by atoms with Gasteiger partial charge in [0.25, 0.3) is 0 Å². The summed E-state index contributed by atoms with van der Waals surface area (Å²) >= 11 is 0. The molecule has 1 rings (SSSR count). The lowest BCUT2D eigenvalue weighted by molar-refractivity contribution is -0.0894. The zero-order chi connectivity index (χ0) is 13.8. The highest BCUT2D eigenvalue weighted by atomic mass is 19.4. The van der Waals surface area contributed by atoms with Crippen molar-refractivity contribution >= 4 is 0 Å². The Morgan fingerprint density at radius 2 is 1.78 bits per heavy atom. The van der Waals surface area contributed by atoms with Gasteiger partial charge in [-0.05, 0) is 12.6 Å². The number of halogens is 3. The Balaban J connectivity index is 2.67. The van der Waals surface area contributed by atoms with Crippen molar-refractivity contribution in [2.75, 3.05) is 39.8 Å². The first-order valence-corrected chi connectivity index (χ1v) is 5.83. The summed E-state index contributed by atoms with van der Waals surface area (Å²) in [6.45, 7) is 10.2. The van der Waals surface area contributed by atoms with E-state index in [1.807, 2.05) is 11.9 Å². The quantitative estimate of drug-likeness (QED) is 0.716. The van der Waals surface area contributed by atoms with Gasteiger partial charge in [-0.2, -0.15) is 13.2 Å². The molecule has 0 amide bonds. The van der Waals surface area contributed by atoms with Gasteiger partial charge in [0, 0.05) is 32.7 Å². The average Bonchev–Trinajstić information content (AvgIpc) is 2.29. The molecule has 0 N–H and O–H groups in total. The molecule has 1 fully saturated rings. The molecule has 1 heterocycles. The summed E-state index contributed by atoms with van der Waals surface area (Å²) in [4.78, 5) is 4.16. The third kappa shape index (κ3) is 4.31. The summed E-state index contributed by atoms with van der Waals surface area (Å²) in [5.41, 5.74) is -0.580. The minimum absolute atomic E-state index is 0.196. The second-order valence-corrected chi connectivity index (χ2v) is 4.48. The van der Waals surface area contributed by atoms with Crippen molar-refractivity contribution in [3.05, 3.63) is 36.5 Å². The van der Waals surface area contributed by atoms with Crippen molar-refractivity contribution in [2.45, 2.75) is 6.18 Å². The lowest BCUT2D eigenvalue weighted by Crippen LogP contribution is -2.45. The smallest absolute Gasteiger partial charge is 0.304 e. The van der Waals surface area contributed by atoms with E-state index in [4.69, 9.17) is 0 Å². The molecule has 0 aromatic carbocycles. The van der Waals surface area contributed by atoms with Crippen LogP contribution >= 0.6 is 0 Å². The molecule has 18 heavy (non-hydrogen) atoms. The van der Waals surface area contributed by atoms with E-state index < -0.39 is 11.7 Å². The molecule has 1 aliphatic heterocycles. The maximum Gasteiger partial charge on any atom is 0.416 e. The van der Waals surface area contributed by atoms with Crippen LogP contribution in [0.2, 0.25) is 0 Å². The fourth-order valence-corrected chi connectivity index (χ4v) is 1.82. The Bertz CT molecular complexity index is 337. The standard InChI is InChI=1S/C13H19F3N2/c1-4-5-12(11(2)13(14,15)16)10-18-8-6-17(3)7-9-18/h4-5H,1-2,6-10H2,3H3. The summed E-state index contributed by atoms with van der Waals surface area (Å²) in [6.07, 6.45) is -1.60. The molecule has 0 radical (unpaired) electrons. The predicted octanol–water partition coefficient (Wildman–Crippen LogP) is 2.46. The zero-order valence-corrected chi connectivity index (χ0v) is 10.6. The first-order valence-electron chi connectivity index (χ1n) is 5.83. The van der Waals surface area contributed by atoms with E-state index in [1.54, 1.807) is 0 Å². The number of hydrogen-bond donors (Lipinski definition) is 0. The van der Waals surface area contributed by atoms with E-state index in [1.165, 1.54) is 12.2 Å². The normalized spacial score (nSPS) is 19.9. The highest BCUT2D eigenvalue weighted by Crippen LogP contribution is 2.30. The number of alkyl halides is 3. The fourth-order valence-electron chi connectivity index (χ4n) is 1.82. The Morgan fingerprint density at radius 1 is 1.22 bits per heavy atom. The lowest BCUT2D eigenvalue weighted by atomic mass is 10.1. The molecule has 0 spiro atoms. The largest absolute Gasteiger partial charge is 0.416 e. The van der Waals surface area contributed by atoms with Gasteiger partial charge in [-0.25, -0.2) is 0 Å². The molecule has 102 valence electrons. The van der Waals surface area contributed by atoms with E-state index in [0.717, 1.165) is 26.2 Å². The summed E-state index contributed by atoms with van der Waals surface area (Å²) in [5.74, 6) is 0. The zero-order valence-electron chi connectivity index (χ0n) is 10.6. The fraction of sp³-hybridized carbons (Fsp3) is 0.538. The van der Waals surface area contributed by atoms with Crippen molar-refractivity contribution in [1.82, 2.24) is 9.80 Å². The van der Waals surface area contributed by atoms with Gasteiger partial charge in [-0.1, -0.05) is 25.3 Å². The molecule has 1 saturated heterocycles. The van der Waals surface area contributed by atoms with Gasteiger partial charge in [0.15, 0.2) is 0 Å². The molecule has 2 nitrogen and oxygen atoms in total. The second kappa shape index (κ2) is 6.20. The van der Waals surface area contributed by atoms with E-state index in [0.29, 0.717) is 0 Å². The topological polar surface area (TPSA) is 6.48 Å². The molecule has 0 atom stereocenters. The SMILES string of the molecule is C=CC=C(CN1CCN(C)CC1)C(=C)C(F)(F)F. The highest BCUT2D eigenvalue weighted by Gasteiger charge is 2.34. The van der Waals surface area contributed by atoms with E-state index in [9.17, 15) is 13.2 Å². The van der Waals surface area contributed by atoms with Gasteiger partial charge >= 0.3 is 6.18 Å². The van der Waals surface area contributed by atoms with Gasteiger partial charge in [0.05, 0.1) is 5.57 Å². The minimum atomic E-state index is -4.37. The third-order valence-electron chi connectivity index (χ3n) is 3.04. The van der Waals surface area contributed by atoms with Crippen LogP contribution in [-0.2, 0) is 0 Å². The van der Waals surface area contributed by atoms with Crippen LogP contribution in [-0.4, -0.2) is 55.7 Å². The van der Waals surface area contributed by atoms with Crippen molar-refractivity contribution in [2.24, 2.45) is 0 Å². The summed E-state index contributed by atoms with van der Waals surface area (Å²) in [7, 11) is 2.01. The van der Waals surface area contributed by atoms with Gasteiger partial charge in [-0.15, -0.1) is 0 Å². The first-order chi connectivity index (χ1) is 8.34. The average molecular weight is 260 g/mol. The van der Waals surface area contributed by atoms with E-state index in [2.05, 4.69) is 18.1 Å². The number of piperazine rings is 1. The summed E-state index contributed by atoms with van der Waals surface area (Å²) in [6, 6.07) is 0. The number of likely N-dealkylation sites (N-methyl/N-ethyl adjacent to an activating group) is 1. The lowest BCUT2D eigenvalue weighted by Gasteiger charge is -2.33. The maximum atomic E-state index is 12.6. The van der Waals surface area contributed by atoms with Crippen LogP contribution in [0.4, 0.5) is 13.2 Å². The molecular weight excluding hydrogens is 241 g/mol. The second-order valence-electron chi connectivity index (χ2n) is 4.48. The molecule has 1 aliphatic rings. The molecule has 0 aromatic rings. The first kappa shape index (κ1) is 15.0.